The zero-order valence-electron chi connectivity index (χ0n) is 13.4. The van der Waals surface area contributed by atoms with Crippen LogP contribution in [0.4, 0.5) is 4.39 Å². The second-order valence-electron chi connectivity index (χ2n) is 6.51. The van der Waals surface area contributed by atoms with Gasteiger partial charge in [-0.15, -0.1) is 11.3 Å². The van der Waals surface area contributed by atoms with E-state index in [2.05, 4.69) is 9.88 Å². The zero-order valence-corrected chi connectivity index (χ0v) is 14.3. The number of rotatable bonds is 4. The number of aromatic nitrogens is 1. The molecule has 1 aliphatic heterocycles. The molecule has 6 heteroatoms. The summed E-state index contributed by atoms with van der Waals surface area (Å²) in [4.78, 5) is 21.1. The maximum absolute atomic E-state index is 13.0. The molecule has 4 rings (SSSR count). The number of halogens is 1. The molecule has 1 aromatic heterocycles. The summed E-state index contributed by atoms with van der Waals surface area (Å²) in [5.41, 5.74) is 1.84. The minimum absolute atomic E-state index is 0.229. The predicted molar refractivity (Wildman–Crippen MR) is 92.1 cm³/mol. The van der Waals surface area contributed by atoms with Crippen LogP contribution in [0.2, 0.25) is 0 Å². The van der Waals surface area contributed by atoms with E-state index in [1.165, 1.54) is 12.1 Å². The molecule has 2 aromatic rings. The molecule has 0 bridgehead atoms. The van der Waals surface area contributed by atoms with Crippen molar-refractivity contribution in [2.45, 2.75) is 19.4 Å². The quantitative estimate of drug-likeness (QED) is 0.855. The van der Waals surface area contributed by atoms with E-state index in [-0.39, 0.29) is 5.82 Å². The normalized spacial score (nSPS) is 18.8. The van der Waals surface area contributed by atoms with Crippen LogP contribution in [0.5, 0.6) is 0 Å². The molecule has 1 amide bonds. The Hall–Kier alpha value is -1.79. The topological polar surface area (TPSA) is 36.4 Å². The highest BCUT2D eigenvalue weighted by molar-refractivity contribution is 7.09. The van der Waals surface area contributed by atoms with Crippen LogP contribution in [0.15, 0.2) is 29.6 Å². The Morgan fingerprint density at radius 2 is 1.88 bits per heavy atom. The van der Waals surface area contributed by atoms with E-state index in [0.717, 1.165) is 61.8 Å². The molecule has 2 heterocycles. The molecular weight excluding hydrogens is 325 g/mol. The van der Waals surface area contributed by atoms with Gasteiger partial charge in [0.05, 0.1) is 12.2 Å². The van der Waals surface area contributed by atoms with Gasteiger partial charge in [-0.05, 0) is 37.1 Å². The van der Waals surface area contributed by atoms with Gasteiger partial charge in [0.1, 0.15) is 10.8 Å². The fourth-order valence-electron chi connectivity index (χ4n) is 3.04. The first-order chi connectivity index (χ1) is 11.7. The number of nitrogens with zero attached hydrogens (tertiary/aromatic N) is 3. The highest BCUT2D eigenvalue weighted by Gasteiger charge is 2.34. The third-order valence-electron chi connectivity index (χ3n) is 4.66. The Morgan fingerprint density at radius 1 is 1.17 bits per heavy atom. The minimum atomic E-state index is -0.229. The first kappa shape index (κ1) is 15.7. The Labute approximate surface area is 144 Å². The Balaban J connectivity index is 1.33. The molecule has 1 aliphatic carbocycles. The van der Waals surface area contributed by atoms with E-state index >= 15 is 0 Å². The Kier molecular flexibility index (Phi) is 4.33. The summed E-state index contributed by atoms with van der Waals surface area (Å²) in [7, 11) is 0. The van der Waals surface area contributed by atoms with Crippen LogP contribution in [0.1, 0.15) is 17.8 Å². The fraction of sp³-hybridized carbons (Fsp3) is 0.444. The van der Waals surface area contributed by atoms with Gasteiger partial charge in [-0.2, -0.15) is 0 Å². The third kappa shape index (κ3) is 3.49. The molecular formula is C18H20FN3OS. The van der Waals surface area contributed by atoms with Gasteiger partial charge in [0.25, 0.3) is 0 Å². The van der Waals surface area contributed by atoms with Crippen molar-refractivity contribution < 1.29 is 9.18 Å². The first-order valence-electron chi connectivity index (χ1n) is 8.40. The van der Waals surface area contributed by atoms with E-state index in [9.17, 15) is 9.18 Å². The van der Waals surface area contributed by atoms with E-state index < -0.39 is 0 Å². The van der Waals surface area contributed by atoms with Gasteiger partial charge in [-0.3, -0.25) is 9.69 Å². The maximum atomic E-state index is 13.0. The summed E-state index contributed by atoms with van der Waals surface area (Å²) in [6.45, 7) is 4.28. The Bertz CT molecular complexity index is 718. The van der Waals surface area contributed by atoms with Gasteiger partial charge in [0.15, 0.2) is 0 Å². The van der Waals surface area contributed by atoms with Crippen LogP contribution in [0, 0.1) is 11.7 Å². The van der Waals surface area contributed by atoms with Crippen LogP contribution in [-0.2, 0) is 11.3 Å². The van der Waals surface area contributed by atoms with Gasteiger partial charge in [0.2, 0.25) is 5.91 Å². The molecule has 0 spiro atoms. The largest absolute Gasteiger partial charge is 0.340 e. The zero-order chi connectivity index (χ0) is 16.5. The molecule has 1 saturated heterocycles. The Morgan fingerprint density at radius 3 is 2.54 bits per heavy atom. The lowest BCUT2D eigenvalue weighted by Gasteiger charge is -2.34. The summed E-state index contributed by atoms with van der Waals surface area (Å²) in [5, 5.41) is 3.09. The highest BCUT2D eigenvalue weighted by Crippen LogP contribution is 2.31. The van der Waals surface area contributed by atoms with Crippen molar-refractivity contribution in [3.05, 3.63) is 40.5 Å². The molecule has 4 nitrogen and oxygen atoms in total. The van der Waals surface area contributed by atoms with Gasteiger partial charge < -0.3 is 4.90 Å². The van der Waals surface area contributed by atoms with Crippen LogP contribution in [0.3, 0.4) is 0 Å². The third-order valence-corrected chi connectivity index (χ3v) is 5.49. The number of hydrogen-bond acceptors (Lipinski definition) is 4. The summed E-state index contributed by atoms with van der Waals surface area (Å²) in [5.74, 6) is 0.434. The van der Waals surface area contributed by atoms with E-state index in [4.69, 9.17) is 0 Å². The molecule has 126 valence electrons. The van der Waals surface area contributed by atoms with E-state index in [1.807, 2.05) is 10.3 Å². The lowest BCUT2D eigenvalue weighted by Crippen LogP contribution is -2.48. The number of benzene rings is 1. The number of hydrogen-bond donors (Lipinski definition) is 0. The van der Waals surface area contributed by atoms with Crippen molar-refractivity contribution in [2.24, 2.45) is 5.92 Å². The lowest BCUT2D eigenvalue weighted by molar-refractivity contribution is -0.134. The van der Waals surface area contributed by atoms with Crippen molar-refractivity contribution in [1.29, 1.82) is 0 Å². The second kappa shape index (κ2) is 6.61. The van der Waals surface area contributed by atoms with E-state index in [1.54, 1.807) is 23.5 Å². The van der Waals surface area contributed by atoms with Crippen molar-refractivity contribution in [3.63, 3.8) is 0 Å². The summed E-state index contributed by atoms with van der Waals surface area (Å²) in [6.07, 6.45) is 2.15. The molecule has 1 aromatic carbocycles. The van der Waals surface area contributed by atoms with Crippen molar-refractivity contribution >= 4 is 17.2 Å². The number of thiazole rings is 1. The van der Waals surface area contributed by atoms with Gasteiger partial charge in [-0.25, -0.2) is 9.37 Å². The van der Waals surface area contributed by atoms with Gasteiger partial charge in [0, 0.05) is 43.0 Å². The smallest absolute Gasteiger partial charge is 0.225 e. The summed E-state index contributed by atoms with van der Waals surface area (Å²) in [6, 6.07) is 6.45. The number of carbonyl (C=O) groups is 1. The molecule has 2 aliphatic rings. The molecule has 1 saturated carbocycles. The molecule has 0 N–H and O–H groups in total. The van der Waals surface area contributed by atoms with Crippen molar-refractivity contribution in [2.75, 3.05) is 26.2 Å². The number of carbonyl (C=O) groups excluding carboxylic acids is 1. The summed E-state index contributed by atoms with van der Waals surface area (Å²) < 4.78 is 13.0. The van der Waals surface area contributed by atoms with Gasteiger partial charge in [-0.1, -0.05) is 0 Å². The van der Waals surface area contributed by atoms with Gasteiger partial charge >= 0.3 is 0 Å². The van der Waals surface area contributed by atoms with Crippen LogP contribution in [0.25, 0.3) is 11.3 Å². The molecule has 2 fully saturated rings. The van der Waals surface area contributed by atoms with Crippen LogP contribution in [-0.4, -0.2) is 46.9 Å². The lowest BCUT2D eigenvalue weighted by atomic mass is 10.2. The molecule has 0 atom stereocenters. The molecule has 0 unspecified atom stereocenters. The van der Waals surface area contributed by atoms with Crippen molar-refractivity contribution in [3.8, 4) is 11.3 Å². The predicted octanol–water partition coefficient (Wildman–Crippen LogP) is 3.00. The average Bonchev–Trinajstić information content (AvgIpc) is 3.35. The number of piperazine rings is 1. The number of amides is 1. The molecule has 24 heavy (non-hydrogen) atoms. The summed E-state index contributed by atoms with van der Waals surface area (Å²) >= 11 is 1.64. The van der Waals surface area contributed by atoms with Crippen LogP contribution < -0.4 is 0 Å². The fourth-order valence-corrected chi connectivity index (χ4v) is 3.89. The van der Waals surface area contributed by atoms with Crippen molar-refractivity contribution in [1.82, 2.24) is 14.8 Å². The standard InChI is InChI=1S/C18H20FN3OS/c19-15-5-3-13(4-6-15)16-12-24-17(20-16)11-21-7-9-22(10-8-21)18(23)14-1-2-14/h3-6,12,14H,1-2,7-11H2. The van der Waals surface area contributed by atoms with E-state index in [0.29, 0.717) is 11.8 Å². The molecule has 0 radical (unpaired) electrons. The minimum Gasteiger partial charge on any atom is -0.340 e. The second-order valence-corrected chi connectivity index (χ2v) is 7.45. The SMILES string of the molecule is O=C(C1CC1)N1CCN(Cc2nc(-c3ccc(F)cc3)cs2)CC1. The maximum Gasteiger partial charge on any atom is 0.225 e. The van der Waals surface area contributed by atoms with Crippen LogP contribution >= 0.6 is 11.3 Å². The first-order valence-corrected chi connectivity index (χ1v) is 9.28. The monoisotopic (exact) mass is 345 g/mol. The highest BCUT2D eigenvalue weighted by atomic mass is 32.1. The average molecular weight is 345 g/mol.